The summed E-state index contributed by atoms with van der Waals surface area (Å²) in [4.78, 5) is 18.1. The third-order valence-corrected chi connectivity index (χ3v) is 4.15. The topological polar surface area (TPSA) is 59.0 Å². The van der Waals surface area contributed by atoms with Crippen LogP contribution in [0.25, 0.3) is 0 Å². The van der Waals surface area contributed by atoms with Gasteiger partial charge in [0.15, 0.2) is 0 Å². The van der Waals surface area contributed by atoms with Crippen molar-refractivity contribution in [3.8, 4) is 5.75 Å². The molecule has 2 aliphatic heterocycles. The van der Waals surface area contributed by atoms with E-state index in [-0.39, 0.29) is 36.4 Å². The van der Waals surface area contributed by atoms with Crippen molar-refractivity contribution in [3.05, 3.63) is 60.2 Å². The molecule has 0 aliphatic carbocycles. The SMILES string of the molecule is O=C1OCC2ON(c3ccccc3)C(c3ccc(O)cc3)C12. The Labute approximate surface area is 127 Å². The van der Waals surface area contributed by atoms with Crippen LogP contribution in [0.4, 0.5) is 5.69 Å². The van der Waals surface area contributed by atoms with Gasteiger partial charge in [0.1, 0.15) is 24.4 Å². The van der Waals surface area contributed by atoms with Crippen LogP contribution in [-0.2, 0) is 14.4 Å². The number of hydroxylamine groups is 1. The number of anilines is 1. The van der Waals surface area contributed by atoms with E-state index in [0.29, 0.717) is 0 Å². The number of aromatic hydroxyl groups is 1. The second-order valence-electron chi connectivity index (χ2n) is 5.50. The van der Waals surface area contributed by atoms with Gasteiger partial charge in [-0.25, -0.2) is 5.06 Å². The van der Waals surface area contributed by atoms with Crippen molar-refractivity contribution in [2.45, 2.75) is 12.1 Å². The largest absolute Gasteiger partial charge is 0.508 e. The van der Waals surface area contributed by atoms with Crippen LogP contribution in [0.2, 0.25) is 0 Å². The molecule has 22 heavy (non-hydrogen) atoms. The maximum Gasteiger partial charge on any atom is 0.314 e. The van der Waals surface area contributed by atoms with Crippen molar-refractivity contribution in [1.82, 2.24) is 0 Å². The Balaban J connectivity index is 1.77. The highest BCUT2D eigenvalue weighted by molar-refractivity contribution is 5.78. The van der Waals surface area contributed by atoms with E-state index in [4.69, 9.17) is 9.57 Å². The van der Waals surface area contributed by atoms with Crippen LogP contribution in [0, 0.1) is 5.92 Å². The minimum atomic E-state index is -0.357. The molecule has 2 aromatic carbocycles. The number of hydrogen-bond acceptors (Lipinski definition) is 5. The van der Waals surface area contributed by atoms with Gasteiger partial charge in [-0.05, 0) is 29.8 Å². The van der Waals surface area contributed by atoms with Crippen molar-refractivity contribution in [3.63, 3.8) is 0 Å². The number of ether oxygens (including phenoxy) is 1. The van der Waals surface area contributed by atoms with Gasteiger partial charge in [0, 0.05) is 0 Å². The third kappa shape index (κ3) is 2.02. The first-order valence-corrected chi connectivity index (χ1v) is 7.20. The van der Waals surface area contributed by atoms with E-state index in [1.807, 2.05) is 42.5 Å². The molecule has 0 spiro atoms. The molecule has 2 fully saturated rings. The molecular formula is C17H15NO4. The van der Waals surface area contributed by atoms with E-state index >= 15 is 0 Å². The second-order valence-corrected chi connectivity index (χ2v) is 5.50. The molecule has 1 N–H and O–H groups in total. The summed E-state index contributed by atoms with van der Waals surface area (Å²) < 4.78 is 5.14. The van der Waals surface area contributed by atoms with Crippen LogP contribution >= 0.6 is 0 Å². The zero-order valence-corrected chi connectivity index (χ0v) is 11.8. The highest BCUT2D eigenvalue weighted by Crippen LogP contribution is 2.45. The Hall–Kier alpha value is -2.53. The predicted octanol–water partition coefficient (Wildman–Crippen LogP) is 2.43. The van der Waals surface area contributed by atoms with E-state index in [1.54, 1.807) is 17.2 Å². The summed E-state index contributed by atoms with van der Waals surface area (Å²) in [5.74, 6) is -0.397. The highest BCUT2D eigenvalue weighted by Gasteiger charge is 2.53. The fourth-order valence-electron chi connectivity index (χ4n) is 3.11. The Morgan fingerprint density at radius 2 is 1.77 bits per heavy atom. The standard InChI is InChI=1S/C17H15NO4/c19-13-8-6-11(7-9-13)16-15-14(10-21-17(15)20)22-18(16)12-4-2-1-3-5-12/h1-9,14-16,19H,10H2. The Morgan fingerprint density at radius 3 is 2.50 bits per heavy atom. The number of rotatable bonds is 2. The van der Waals surface area contributed by atoms with Crippen LogP contribution < -0.4 is 5.06 Å². The molecule has 0 radical (unpaired) electrons. The van der Waals surface area contributed by atoms with Gasteiger partial charge in [0.2, 0.25) is 0 Å². The lowest BCUT2D eigenvalue weighted by Gasteiger charge is -2.27. The number of hydrogen-bond donors (Lipinski definition) is 1. The summed E-state index contributed by atoms with van der Waals surface area (Å²) >= 11 is 0. The molecule has 3 atom stereocenters. The average Bonchev–Trinajstić information content (AvgIpc) is 3.09. The molecule has 2 aliphatic rings. The number of para-hydroxylation sites is 1. The van der Waals surface area contributed by atoms with Crippen LogP contribution in [0.5, 0.6) is 5.75 Å². The van der Waals surface area contributed by atoms with Crippen molar-refractivity contribution >= 4 is 11.7 Å². The second kappa shape index (κ2) is 5.03. The molecule has 2 saturated heterocycles. The molecule has 0 saturated carbocycles. The molecule has 2 heterocycles. The van der Waals surface area contributed by atoms with E-state index in [9.17, 15) is 9.90 Å². The van der Waals surface area contributed by atoms with Gasteiger partial charge in [-0.1, -0.05) is 30.3 Å². The predicted molar refractivity (Wildman–Crippen MR) is 79.1 cm³/mol. The first-order chi connectivity index (χ1) is 10.7. The quantitative estimate of drug-likeness (QED) is 0.863. The lowest BCUT2D eigenvalue weighted by Crippen LogP contribution is -2.27. The third-order valence-electron chi connectivity index (χ3n) is 4.15. The number of fused-ring (bicyclic) bond motifs is 1. The molecule has 0 aromatic heterocycles. The summed E-state index contributed by atoms with van der Waals surface area (Å²) in [6.07, 6.45) is -0.272. The fraction of sp³-hybridized carbons (Fsp3) is 0.235. The summed E-state index contributed by atoms with van der Waals surface area (Å²) in [6, 6.07) is 16.3. The Bertz CT molecular complexity index is 686. The van der Waals surface area contributed by atoms with Gasteiger partial charge in [-0.3, -0.25) is 9.63 Å². The first-order valence-electron chi connectivity index (χ1n) is 7.20. The minimum Gasteiger partial charge on any atom is -0.508 e. The molecule has 0 amide bonds. The van der Waals surface area contributed by atoms with E-state index in [1.165, 1.54) is 0 Å². The highest BCUT2D eigenvalue weighted by atomic mass is 16.7. The van der Waals surface area contributed by atoms with Crippen molar-refractivity contribution in [1.29, 1.82) is 0 Å². The average molecular weight is 297 g/mol. The molecule has 2 aromatic rings. The summed E-state index contributed by atoms with van der Waals surface area (Å²) in [7, 11) is 0. The monoisotopic (exact) mass is 297 g/mol. The lowest BCUT2D eigenvalue weighted by molar-refractivity contribution is -0.141. The van der Waals surface area contributed by atoms with E-state index < -0.39 is 0 Å². The lowest BCUT2D eigenvalue weighted by atomic mass is 9.91. The minimum absolute atomic E-state index is 0.194. The van der Waals surface area contributed by atoms with Gasteiger partial charge in [0.05, 0.1) is 11.7 Å². The van der Waals surface area contributed by atoms with Crippen LogP contribution in [0.3, 0.4) is 0 Å². The molecule has 5 nitrogen and oxygen atoms in total. The number of carbonyl (C=O) groups is 1. The number of phenolic OH excluding ortho intramolecular Hbond substituents is 1. The number of nitrogens with zero attached hydrogens (tertiary/aromatic N) is 1. The number of carbonyl (C=O) groups excluding carboxylic acids is 1. The Morgan fingerprint density at radius 1 is 1.05 bits per heavy atom. The number of phenols is 1. The summed E-state index contributed by atoms with van der Waals surface area (Å²) in [5.41, 5.74) is 1.80. The summed E-state index contributed by atoms with van der Waals surface area (Å²) in [6.45, 7) is 0.279. The van der Waals surface area contributed by atoms with Crippen LogP contribution in [0.1, 0.15) is 11.6 Å². The summed E-state index contributed by atoms with van der Waals surface area (Å²) in [5, 5.41) is 11.3. The normalized spacial score (nSPS) is 26.8. The molecular weight excluding hydrogens is 282 g/mol. The van der Waals surface area contributed by atoms with Crippen molar-refractivity contribution in [2.24, 2.45) is 5.92 Å². The van der Waals surface area contributed by atoms with Gasteiger partial charge in [-0.2, -0.15) is 0 Å². The fourth-order valence-corrected chi connectivity index (χ4v) is 3.11. The Kier molecular flexibility index (Phi) is 3.01. The van der Waals surface area contributed by atoms with Crippen molar-refractivity contribution < 1.29 is 19.5 Å². The van der Waals surface area contributed by atoms with Crippen LogP contribution in [0.15, 0.2) is 54.6 Å². The molecule has 0 bridgehead atoms. The van der Waals surface area contributed by atoms with Gasteiger partial charge >= 0.3 is 5.97 Å². The van der Waals surface area contributed by atoms with Gasteiger partial charge < -0.3 is 9.84 Å². The zero-order chi connectivity index (χ0) is 15.1. The molecule has 112 valence electrons. The number of benzene rings is 2. The van der Waals surface area contributed by atoms with E-state index in [0.717, 1.165) is 11.3 Å². The van der Waals surface area contributed by atoms with Gasteiger partial charge in [-0.15, -0.1) is 0 Å². The smallest absolute Gasteiger partial charge is 0.314 e. The van der Waals surface area contributed by atoms with Crippen LogP contribution in [-0.4, -0.2) is 23.8 Å². The molecule has 3 unspecified atom stereocenters. The number of cyclic esters (lactones) is 1. The molecule has 4 rings (SSSR count). The zero-order valence-electron chi connectivity index (χ0n) is 11.8. The van der Waals surface area contributed by atoms with Crippen molar-refractivity contribution in [2.75, 3.05) is 11.7 Å². The molecule has 5 heteroatoms. The van der Waals surface area contributed by atoms with Gasteiger partial charge in [0.25, 0.3) is 0 Å². The maximum absolute atomic E-state index is 12.1. The first kappa shape index (κ1) is 13.2. The van der Waals surface area contributed by atoms with E-state index in [2.05, 4.69) is 0 Å². The number of esters is 1. The maximum atomic E-state index is 12.1.